The summed E-state index contributed by atoms with van der Waals surface area (Å²) in [6.45, 7) is 7.04. The normalized spacial score (nSPS) is 17.1. The van der Waals surface area contributed by atoms with Gasteiger partial charge in [0.25, 0.3) is 0 Å². The first-order valence-electron chi connectivity index (χ1n) is 10.2. The summed E-state index contributed by atoms with van der Waals surface area (Å²) in [6.07, 6.45) is 2.58. The van der Waals surface area contributed by atoms with Gasteiger partial charge in [-0.15, -0.1) is 11.3 Å². The number of nitrogens with zero attached hydrogens (tertiary/aromatic N) is 2. The van der Waals surface area contributed by atoms with Crippen molar-refractivity contribution in [2.24, 2.45) is 0 Å². The lowest BCUT2D eigenvalue weighted by Crippen LogP contribution is -2.44. The van der Waals surface area contributed by atoms with Crippen LogP contribution in [0.15, 0.2) is 30.3 Å². The molecule has 0 spiro atoms. The molecule has 1 aliphatic rings. The van der Waals surface area contributed by atoms with Crippen molar-refractivity contribution in [3.63, 3.8) is 0 Å². The van der Waals surface area contributed by atoms with Gasteiger partial charge in [0.15, 0.2) is 5.13 Å². The summed E-state index contributed by atoms with van der Waals surface area (Å²) in [4.78, 5) is 33.2. The Morgan fingerprint density at radius 1 is 1.31 bits per heavy atom. The highest BCUT2D eigenvalue weighted by atomic mass is 32.1. The maximum Gasteiger partial charge on any atom is 0.245 e. The third-order valence-electron chi connectivity index (χ3n) is 5.28. The predicted molar refractivity (Wildman–Crippen MR) is 115 cm³/mol. The van der Waals surface area contributed by atoms with Crippen LogP contribution in [-0.2, 0) is 14.3 Å². The fourth-order valence-corrected chi connectivity index (χ4v) is 4.41. The summed E-state index contributed by atoms with van der Waals surface area (Å²) in [5.41, 5.74) is 1.89. The van der Waals surface area contributed by atoms with E-state index >= 15 is 0 Å². The molecule has 3 rings (SSSR count). The Kier molecular flexibility index (Phi) is 7.39. The van der Waals surface area contributed by atoms with Gasteiger partial charge >= 0.3 is 0 Å². The number of nitrogens with one attached hydrogen (secondary N) is 1. The highest BCUT2D eigenvalue weighted by Gasteiger charge is 2.29. The Labute approximate surface area is 176 Å². The summed E-state index contributed by atoms with van der Waals surface area (Å²) in [6, 6.07) is 9.76. The van der Waals surface area contributed by atoms with E-state index in [1.54, 1.807) is 4.90 Å². The minimum absolute atomic E-state index is 0.000295. The number of benzene rings is 1. The van der Waals surface area contributed by atoms with Crippen LogP contribution in [0.4, 0.5) is 5.13 Å². The Hall–Kier alpha value is -2.25. The maximum atomic E-state index is 13.4. The molecule has 156 valence electrons. The van der Waals surface area contributed by atoms with Crippen LogP contribution in [0.2, 0.25) is 0 Å². The van der Waals surface area contributed by atoms with E-state index in [4.69, 9.17) is 4.74 Å². The molecule has 0 bridgehead atoms. The van der Waals surface area contributed by atoms with Crippen molar-refractivity contribution in [2.45, 2.75) is 52.1 Å². The molecule has 1 aromatic heterocycles. The number of anilines is 1. The van der Waals surface area contributed by atoms with E-state index in [2.05, 4.69) is 10.3 Å². The van der Waals surface area contributed by atoms with Crippen LogP contribution in [0.25, 0.3) is 0 Å². The van der Waals surface area contributed by atoms with E-state index in [9.17, 15) is 9.59 Å². The summed E-state index contributed by atoms with van der Waals surface area (Å²) >= 11 is 1.45. The summed E-state index contributed by atoms with van der Waals surface area (Å²) in [5.74, 6) is -0.529. The van der Waals surface area contributed by atoms with Crippen LogP contribution >= 0.6 is 11.3 Å². The van der Waals surface area contributed by atoms with E-state index in [-0.39, 0.29) is 30.4 Å². The zero-order valence-electron chi connectivity index (χ0n) is 17.3. The molecule has 1 N–H and O–H groups in total. The maximum absolute atomic E-state index is 13.4. The van der Waals surface area contributed by atoms with Crippen molar-refractivity contribution in [1.29, 1.82) is 0 Å². The van der Waals surface area contributed by atoms with Crippen LogP contribution in [0.1, 0.15) is 48.2 Å². The van der Waals surface area contributed by atoms with Gasteiger partial charge in [-0.05, 0) is 38.7 Å². The molecule has 2 aromatic rings. The lowest BCUT2D eigenvalue weighted by atomic mass is 9.94. The third-order valence-corrected chi connectivity index (χ3v) is 6.27. The van der Waals surface area contributed by atoms with Crippen LogP contribution in [-0.4, -0.2) is 47.5 Å². The number of hydrogen-bond donors (Lipinski definition) is 1. The van der Waals surface area contributed by atoms with Gasteiger partial charge in [0.1, 0.15) is 6.54 Å². The molecular weight excluding hydrogens is 386 g/mol. The molecule has 7 heteroatoms. The Morgan fingerprint density at radius 3 is 2.66 bits per heavy atom. The van der Waals surface area contributed by atoms with Gasteiger partial charge < -0.3 is 15.0 Å². The molecule has 0 saturated carbocycles. The number of ether oxygens (including phenoxy) is 1. The number of amides is 2. The van der Waals surface area contributed by atoms with E-state index in [1.807, 2.05) is 51.1 Å². The number of carbonyl (C=O) groups excluding carboxylic acids is 2. The zero-order chi connectivity index (χ0) is 20.8. The van der Waals surface area contributed by atoms with Crippen molar-refractivity contribution >= 4 is 28.3 Å². The second kappa shape index (κ2) is 9.98. The zero-order valence-corrected chi connectivity index (χ0v) is 18.1. The fraction of sp³-hybridized carbons (Fsp3) is 0.500. The summed E-state index contributed by atoms with van der Waals surface area (Å²) in [5, 5.41) is 3.42. The highest BCUT2D eigenvalue weighted by molar-refractivity contribution is 7.15. The van der Waals surface area contributed by atoms with Crippen LogP contribution in [0.3, 0.4) is 0 Å². The van der Waals surface area contributed by atoms with Crippen molar-refractivity contribution < 1.29 is 14.3 Å². The number of hydrogen-bond acceptors (Lipinski definition) is 5. The molecule has 0 aliphatic carbocycles. The van der Waals surface area contributed by atoms with Crippen LogP contribution < -0.4 is 5.32 Å². The molecule has 2 heterocycles. The quantitative estimate of drug-likeness (QED) is 0.710. The van der Waals surface area contributed by atoms with Gasteiger partial charge in [0.05, 0.1) is 17.7 Å². The molecule has 0 radical (unpaired) electrons. The molecule has 6 nitrogen and oxygen atoms in total. The largest absolute Gasteiger partial charge is 0.376 e. The minimum Gasteiger partial charge on any atom is -0.376 e. The molecule has 1 fully saturated rings. The Morgan fingerprint density at radius 2 is 2.07 bits per heavy atom. The van der Waals surface area contributed by atoms with Crippen molar-refractivity contribution in [1.82, 2.24) is 9.88 Å². The number of rotatable bonds is 8. The summed E-state index contributed by atoms with van der Waals surface area (Å²) in [7, 11) is 0. The standard InChI is InChI=1S/C22H29N3O3S/c1-4-19(17-9-6-5-7-10-17)21(27)25(13-18-11-8-12-28-18)14-20(26)24-22-23-15(2)16(3)29-22/h5-7,9-10,18-19H,4,8,11-14H2,1-3H3,(H,23,24,26). The first-order valence-corrected chi connectivity index (χ1v) is 11.0. The van der Waals surface area contributed by atoms with Crippen LogP contribution in [0, 0.1) is 13.8 Å². The van der Waals surface area contributed by atoms with Crippen LogP contribution in [0.5, 0.6) is 0 Å². The number of aromatic nitrogens is 1. The van der Waals surface area contributed by atoms with Gasteiger partial charge in [0, 0.05) is 18.0 Å². The number of thiazole rings is 1. The SMILES string of the molecule is CCC(C(=O)N(CC(=O)Nc1nc(C)c(C)s1)CC1CCCO1)c1ccccc1. The number of carbonyl (C=O) groups is 2. The van der Waals surface area contributed by atoms with Gasteiger partial charge in [-0.25, -0.2) is 4.98 Å². The smallest absolute Gasteiger partial charge is 0.245 e. The highest BCUT2D eigenvalue weighted by Crippen LogP contribution is 2.24. The first kappa shape index (κ1) is 21.5. The van der Waals surface area contributed by atoms with Crippen molar-refractivity contribution in [3.8, 4) is 0 Å². The molecule has 1 aromatic carbocycles. The van der Waals surface area contributed by atoms with E-state index < -0.39 is 0 Å². The third kappa shape index (κ3) is 5.64. The molecular formula is C22H29N3O3S. The lowest BCUT2D eigenvalue weighted by molar-refractivity contribution is -0.137. The Balaban J connectivity index is 1.73. The monoisotopic (exact) mass is 415 g/mol. The summed E-state index contributed by atoms with van der Waals surface area (Å²) < 4.78 is 5.74. The number of aryl methyl sites for hydroxylation is 2. The van der Waals surface area contributed by atoms with Gasteiger partial charge in [0.2, 0.25) is 11.8 Å². The lowest BCUT2D eigenvalue weighted by Gasteiger charge is -2.28. The first-order chi connectivity index (χ1) is 14.0. The molecule has 2 unspecified atom stereocenters. The molecule has 1 saturated heterocycles. The van der Waals surface area contributed by atoms with E-state index in [0.717, 1.165) is 29.0 Å². The Bertz CT molecular complexity index is 812. The molecule has 1 aliphatic heterocycles. The molecule has 29 heavy (non-hydrogen) atoms. The topological polar surface area (TPSA) is 71.5 Å². The average Bonchev–Trinajstić information content (AvgIpc) is 3.32. The van der Waals surface area contributed by atoms with Gasteiger partial charge in [-0.2, -0.15) is 0 Å². The van der Waals surface area contributed by atoms with Crippen molar-refractivity contribution in [3.05, 3.63) is 46.5 Å². The average molecular weight is 416 g/mol. The fourth-order valence-electron chi connectivity index (χ4n) is 3.58. The van der Waals surface area contributed by atoms with Gasteiger partial charge in [-0.1, -0.05) is 37.3 Å². The minimum atomic E-state index is -0.269. The van der Waals surface area contributed by atoms with Crippen molar-refractivity contribution in [2.75, 3.05) is 25.0 Å². The van der Waals surface area contributed by atoms with E-state index in [0.29, 0.717) is 24.7 Å². The van der Waals surface area contributed by atoms with Gasteiger partial charge in [-0.3, -0.25) is 9.59 Å². The predicted octanol–water partition coefficient (Wildman–Crippen LogP) is 3.90. The second-order valence-electron chi connectivity index (χ2n) is 7.43. The molecule has 2 atom stereocenters. The molecule has 2 amide bonds. The van der Waals surface area contributed by atoms with E-state index in [1.165, 1.54) is 11.3 Å². The second-order valence-corrected chi connectivity index (χ2v) is 8.64.